The number of nitrogens with zero attached hydrogens (tertiary/aromatic N) is 2. The number of hydrogen-bond donors (Lipinski definition) is 0. The summed E-state index contributed by atoms with van der Waals surface area (Å²) in [7, 11) is 6.49. The molecule has 4 rings (SSSR count). The predicted molar refractivity (Wildman–Crippen MR) is 129 cm³/mol. The van der Waals surface area contributed by atoms with Crippen molar-refractivity contribution in [2.24, 2.45) is 5.92 Å². The van der Waals surface area contributed by atoms with Gasteiger partial charge in [-0.2, -0.15) is 0 Å². The monoisotopic (exact) mass is 468 g/mol. The van der Waals surface area contributed by atoms with E-state index in [1.165, 1.54) is 11.3 Å². The number of aromatic nitrogens is 1. The summed E-state index contributed by atoms with van der Waals surface area (Å²) in [5.74, 6) is 3.02. The van der Waals surface area contributed by atoms with E-state index in [0.29, 0.717) is 35.3 Å². The first-order chi connectivity index (χ1) is 16.1. The van der Waals surface area contributed by atoms with Gasteiger partial charge in [-0.05, 0) is 55.2 Å². The Morgan fingerprint density at radius 2 is 1.70 bits per heavy atom. The molecule has 0 atom stereocenters. The molecule has 7 nitrogen and oxygen atoms in total. The number of anilines is 1. The van der Waals surface area contributed by atoms with Gasteiger partial charge in [0.15, 0.2) is 16.6 Å². The SMILES string of the molecule is COc1ccc(OC)c(-c2csc(N(CCc3ccc(OC)c(OC)c3)C(=O)C3CC3)n2)c1. The maximum Gasteiger partial charge on any atom is 0.231 e. The van der Waals surface area contributed by atoms with Gasteiger partial charge in [0.25, 0.3) is 0 Å². The van der Waals surface area contributed by atoms with E-state index in [2.05, 4.69) is 0 Å². The number of ether oxygens (including phenoxy) is 4. The topological polar surface area (TPSA) is 70.1 Å². The number of amides is 1. The molecule has 0 N–H and O–H groups in total. The van der Waals surface area contributed by atoms with Crippen LogP contribution in [0.3, 0.4) is 0 Å². The third kappa shape index (κ3) is 5.06. The molecule has 174 valence electrons. The fourth-order valence-corrected chi connectivity index (χ4v) is 4.51. The molecule has 1 amide bonds. The van der Waals surface area contributed by atoms with Crippen LogP contribution in [0.25, 0.3) is 11.3 Å². The third-order valence-corrected chi connectivity index (χ3v) is 6.53. The van der Waals surface area contributed by atoms with Crippen molar-refractivity contribution in [2.75, 3.05) is 39.9 Å². The van der Waals surface area contributed by atoms with Gasteiger partial charge >= 0.3 is 0 Å². The normalized spacial score (nSPS) is 12.8. The minimum Gasteiger partial charge on any atom is -0.497 e. The van der Waals surface area contributed by atoms with E-state index in [4.69, 9.17) is 23.9 Å². The molecule has 1 aliphatic rings. The second-order valence-corrected chi connectivity index (χ2v) is 8.62. The van der Waals surface area contributed by atoms with E-state index in [0.717, 1.165) is 35.4 Å². The number of methoxy groups -OCH3 is 4. The van der Waals surface area contributed by atoms with Crippen molar-refractivity contribution < 1.29 is 23.7 Å². The van der Waals surface area contributed by atoms with Gasteiger partial charge in [0.05, 0.1) is 34.1 Å². The molecular formula is C25H28N2O5S. The zero-order chi connectivity index (χ0) is 23.4. The lowest BCUT2D eigenvalue weighted by atomic mass is 10.1. The number of carbonyl (C=O) groups is 1. The summed E-state index contributed by atoms with van der Waals surface area (Å²) in [4.78, 5) is 19.8. The summed E-state index contributed by atoms with van der Waals surface area (Å²) in [6.07, 6.45) is 2.55. The highest BCUT2D eigenvalue weighted by atomic mass is 32.1. The highest BCUT2D eigenvalue weighted by Crippen LogP contribution is 2.38. The Bertz CT molecular complexity index is 1130. The van der Waals surface area contributed by atoms with Gasteiger partial charge in [-0.3, -0.25) is 9.69 Å². The summed E-state index contributed by atoms with van der Waals surface area (Å²) in [6.45, 7) is 0.535. The van der Waals surface area contributed by atoms with Crippen LogP contribution in [0.4, 0.5) is 5.13 Å². The van der Waals surface area contributed by atoms with Crippen LogP contribution in [-0.4, -0.2) is 45.9 Å². The standard InChI is InChI=1S/C25H28N2O5S/c1-29-18-8-10-21(30-2)19(14-18)20-15-33-25(26-20)27(24(28)17-6-7-17)12-11-16-5-9-22(31-3)23(13-16)32-4/h5,8-10,13-15,17H,6-7,11-12H2,1-4H3. The summed E-state index contributed by atoms with van der Waals surface area (Å²) >= 11 is 1.46. The van der Waals surface area contributed by atoms with E-state index in [1.54, 1.807) is 28.4 Å². The number of hydrogen-bond acceptors (Lipinski definition) is 7. The highest BCUT2D eigenvalue weighted by Gasteiger charge is 2.35. The Hall–Kier alpha value is -3.26. The van der Waals surface area contributed by atoms with Gasteiger partial charge in [-0.25, -0.2) is 4.98 Å². The zero-order valence-electron chi connectivity index (χ0n) is 19.3. The summed E-state index contributed by atoms with van der Waals surface area (Å²) in [5, 5.41) is 2.64. The molecule has 1 aromatic heterocycles. The molecule has 0 radical (unpaired) electrons. The molecule has 1 saturated carbocycles. The quantitative estimate of drug-likeness (QED) is 0.425. The lowest BCUT2D eigenvalue weighted by Crippen LogP contribution is -2.34. The van der Waals surface area contributed by atoms with Crippen molar-refractivity contribution in [3.05, 3.63) is 47.3 Å². The van der Waals surface area contributed by atoms with Crippen molar-refractivity contribution in [1.82, 2.24) is 4.98 Å². The van der Waals surface area contributed by atoms with E-state index in [9.17, 15) is 4.79 Å². The van der Waals surface area contributed by atoms with Crippen LogP contribution in [0.15, 0.2) is 41.8 Å². The largest absolute Gasteiger partial charge is 0.497 e. The predicted octanol–water partition coefficient (Wildman–Crippen LogP) is 4.83. The number of thiazole rings is 1. The van der Waals surface area contributed by atoms with Crippen LogP contribution in [-0.2, 0) is 11.2 Å². The van der Waals surface area contributed by atoms with Crippen LogP contribution in [0.5, 0.6) is 23.0 Å². The molecule has 0 unspecified atom stereocenters. The van der Waals surface area contributed by atoms with Crippen LogP contribution >= 0.6 is 11.3 Å². The van der Waals surface area contributed by atoms with Crippen LogP contribution in [0.2, 0.25) is 0 Å². The molecule has 0 saturated heterocycles. The second-order valence-electron chi connectivity index (χ2n) is 7.79. The summed E-state index contributed by atoms with van der Waals surface area (Å²) in [5.41, 5.74) is 2.65. The van der Waals surface area contributed by atoms with Gasteiger partial charge in [0.1, 0.15) is 11.5 Å². The Kier molecular flexibility index (Phi) is 7.03. The molecule has 1 heterocycles. The van der Waals surface area contributed by atoms with Crippen molar-refractivity contribution in [2.45, 2.75) is 19.3 Å². The Morgan fingerprint density at radius 3 is 2.36 bits per heavy atom. The number of rotatable bonds is 10. The minimum absolute atomic E-state index is 0.0918. The maximum absolute atomic E-state index is 13.1. The van der Waals surface area contributed by atoms with E-state index < -0.39 is 0 Å². The van der Waals surface area contributed by atoms with E-state index in [1.807, 2.05) is 46.7 Å². The van der Waals surface area contributed by atoms with Crippen molar-refractivity contribution in [3.8, 4) is 34.3 Å². The van der Waals surface area contributed by atoms with Gasteiger partial charge in [0.2, 0.25) is 5.91 Å². The first-order valence-electron chi connectivity index (χ1n) is 10.8. The molecule has 2 aromatic carbocycles. The Labute approximate surface area is 197 Å². The van der Waals surface area contributed by atoms with Gasteiger partial charge in [-0.15, -0.1) is 11.3 Å². The van der Waals surface area contributed by atoms with Crippen LogP contribution in [0.1, 0.15) is 18.4 Å². The average Bonchev–Trinajstić information content (AvgIpc) is 3.60. The fourth-order valence-electron chi connectivity index (χ4n) is 3.65. The molecule has 1 fully saturated rings. The Morgan fingerprint density at radius 1 is 0.970 bits per heavy atom. The van der Waals surface area contributed by atoms with Gasteiger partial charge in [-0.1, -0.05) is 6.07 Å². The molecular weight excluding hydrogens is 440 g/mol. The van der Waals surface area contributed by atoms with Crippen LogP contribution < -0.4 is 23.8 Å². The zero-order valence-corrected chi connectivity index (χ0v) is 20.1. The Balaban J connectivity index is 1.59. The number of carbonyl (C=O) groups excluding carboxylic acids is 1. The molecule has 0 aliphatic heterocycles. The minimum atomic E-state index is 0.0918. The van der Waals surface area contributed by atoms with Crippen molar-refractivity contribution in [3.63, 3.8) is 0 Å². The molecule has 8 heteroatoms. The smallest absolute Gasteiger partial charge is 0.231 e. The number of benzene rings is 2. The molecule has 0 spiro atoms. The van der Waals surface area contributed by atoms with Gasteiger partial charge < -0.3 is 18.9 Å². The fraction of sp³-hybridized carbons (Fsp3) is 0.360. The average molecular weight is 469 g/mol. The van der Waals surface area contributed by atoms with E-state index in [-0.39, 0.29) is 11.8 Å². The molecule has 1 aliphatic carbocycles. The highest BCUT2D eigenvalue weighted by molar-refractivity contribution is 7.14. The first-order valence-corrected chi connectivity index (χ1v) is 11.7. The van der Waals surface area contributed by atoms with Crippen molar-refractivity contribution >= 4 is 22.4 Å². The molecule has 0 bridgehead atoms. The summed E-state index contributed by atoms with van der Waals surface area (Å²) < 4.78 is 21.6. The summed E-state index contributed by atoms with van der Waals surface area (Å²) in [6, 6.07) is 11.4. The molecule has 33 heavy (non-hydrogen) atoms. The lowest BCUT2D eigenvalue weighted by Gasteiger charge is -2.20. The maximum atomic E-state index is 13.1. The van der Waals surface area contributed by atoms with E-state index >= 15 is 0 Å². The third-order valence-electron chi connectivity index (χ3n) is 5.67. The first kappa shape index (κ1) is 22.9. The van der Waals surface area contributed by atoms with Crippen LogP contribution in [0, 0.1) is 5.92 Å². The van der Waals surface area contributed by atoms with Crippen molar-refractivity contribution in [1.29, 1.82) is 0 Å². The van der Waals surface area contributed by atoms with Gasteiger partial charge in [0, 0.05) is 23.4 Å². The lowest BCUT2D eigenvalue weighted by molar-refractivity contribution is -0.119. The second kappa shape index (κ2) is 10.1. The molecule has 3 aromatic rings.